The predicted octanol–water partition coefficient (Wildman–Crippen LogP) is 8.93. The molecule has 4 aliphatic rings. The first kappa shape index (κ1) is 29.9. The number of allylic oxidation sites excluding steroid dienone is 8. The van der Waals surface area contributed by atoms with Crippen LogP contribution in [0.15, 0.2) is 78.9 Å². The monoisotopic (exact) mass is 564 g/mol. The molecule has 5 unspecified atom stereocenters. The van der Waals surface area contributed by atoms with Crippen LogP contribution < -0.4 is 5.19 Å². The van der Waals surface area contributed by atoms with E-state index in [2.05, 4.69) is 92.0 Å². The van der Waals surface area contributed by atoms with Crippen LogP contribution in [0.3, 0.4) is 0 Å². The van der Waals surface area contributed by atoms with Gasteiger partial charge in [-0.05, 0) is 48.5 Å². The summed E-state index contributed by atoms with van der Waals surface area (Å²) >= 11 is -0.826. The molecule has 4 aliphatic carbocycles. The molecule has 0 saturated heterocycles. The molecule has 32 heavy (non-hydrogen) atoms. The van der Waals surface area contributed by atoms with Crippen LogP contribution in [0, 0.1) is 38.5 Å². The average Bonchev–Trinajstić information content (AvgIpc) is 3.43. The number of fused-ring (bicyclic) bond motifs is 2. The minimum atomic E-state index is -1.34. The Hall–Kier alpha value is -0.140. The molecule has 5 atom stereocenters. The molecule has 0 nitrogen and oxygen atoms in total. The van der Waals surface area contributed by atoms with Crippen LogP contribution >= 0.6 is 17.0 Å². The van der Waals surface area contributed by atoms with Gasteiger partial charge in [0.15, 0.2) is 0 Å². The third-order valence-corrected chi connectivity index (χ3v) is 11.8. The second kappa shape index (κ2) is 15.0. The van der Waals surface area contributed by atoms with Crippen LogP contribution in [0.1, 0.15) is 32.1 Å². The Kier molecular flexibility index (Phi) is 14.0. The topological polar surface area (TPSA) is 0 Å². The second-order valence-electron chi connectivity index (χ2n) is 9.38. The van der Waals surface area contributed by atoms with Crippen molar-refractivity contribution in [3.63, 3.8) is 0 Å². The van der Waals surface area contributed by atoms with Gasteiger partial charge in [-0.25, -0.2) is 0 Å². The summed E-state index contributed by atoms with van der Waals surface area (Å²) < 4.78 is 0. The van der Waals surface area contributed by atoms with E-state index >= 15 is 0 Å². The maximum atomic E-state index is 4.93. The zero-order valence-electron chi connectivity index (χ0n) is 20.2. The molecule has 1 aromatic carbocycles. The Labute approximate surface area is 217 Å². The first-order valence-corrected chi connectivity index (χ1v) is 20.7. The van der Waals surface area contributed by atoms with Gasteiger partial charge in [0.1, 0.15) is 0 Å². The molecule has 2 saturated carbocycles. The molecule has 5 rings (SSSR count). The fourth-order valence-corrected chi connectivity index (χ4v) is 9.48. The third kappa shape index (κ3) is 7.69. The van der Waals surface area contributed by atoms with Crippen LogP contribution in [0.25, 0.3) is 0 Å². The summed E-state index contributed by atoms with van der Waals surface area (Å²) in [7, 11) is 8.53. The summed E-state index contributed by atoms with van der Waals surface area (Å²) in [5, 5.41) is 1.62. The van der Waals surface area contributed by atoms with Gasteiger partial charge in [0, 0.05) is 0 Å². The van der Waals surface area contributed by atoms with E-state index in [0.717, 1.165) is 29.2 Å². The van der Waals surface area contributed by atoms with Crippen LogP contribution in [0.5, 0.6) is 0 Å². The van der Waals surface area contributed by atoms with Crippen LogP contribution in [-0.4, -0.2) is 8.07 Å². The molecule has 0 N–H and O–H groups in total. The van der Waals surface area contributed by atoms with Crippen LogP contribution in [0.2, 0.25) is 18.6 Å². The number of hydrogen-bond acceptors (Lipinski definition) is 0. The third-order valence-electron chi connectivity index (χ3n) is 7.47. The summed E-state index contributed by atoms with van der Waals surface area (Å²) in [6, 6.07) is 11.2. The van der Waals surface area contributed by atoms with E-state index in [4.69, 9.17) is 17.0 Å². The quantitative estimate of drug-likeness (QED) is 0.248. The Bertz CT molecular complexity index is 751. The van der Waals surface area contributed by atoms with E-state index in [-0.39, 0.29) is 14.9 Å². The number of hydrogen-bond donors (Lipinski definition) is 0. The van der Waals surface area contributed by atoms with E-state index in [1.165, 1.54) is 32.1 Å². The molecule has 1 aromatic rings. The molecule has 0 amide bonds. The fraction of sp³-hybridized carbons (Fsp3) is 0.429. The Balaban J connectivity index is 0.000000309. The molecule has 0 heterocycles. The fourth-order valence-electron chi connectivity index (χ4n) is 5.79. The van der Waals surface area contributed by atoms with E-state index in [0.29, 0.717) is 0 Å². The van der Waals surface area contributed by atoms with Gasteiger partial charge in [-0.3, -0.25) is 0 Å². The van der Waals surface area contributed by atoms with E-state index < -0.39 is 28.9 Å². The van der Waals surface area contributed by atoms with Gasteiger partial charge < -0.3 is 14.9 Å². The summed E-state index contributed by atoms with van der Waals surface area (Å²) in [5.74, 6) is 3.41. The Morgan fingerprint density at radius 2 is 1.22 bits per heavy atom. The molecule has 0 bridgehead atoms. The average molecular weight is 567 g/mol. The summed E-state index contributed by atoms with van der Waals surface area (Å²) in [5.41, 5.74) is 0.908. The van der Waals surface area contributed by atoms with Crippen molar-refractivity contribution < 1.29 is 20.8 Å². The molecule has 4 heteroatoms. The normalized spacial score (nSPS) is 28.4. The molecule has 0 radical (unpaired) electrons. The number of benzene rings is 1. The van der Waals surface area contributed by atoms with Gasteiger partial charge in [-0.1, -0.05) is 110 Å². The minimum absolute atomic E-state index is 0. The second-order valence-corrected chi connectivity index (χ2v) is 17.9. The van der Waals surface area contributed by atoms with Crippen molar-refractivity contribution in [3.8, 4) is 0 Å². The van der Waals surface area contributed by atoms with E-state index in [1.54, 1.807) is 5.19 Å². The molecule has 0 spiro atoms. The van der Waals surface area contributed by atoms with Crippen molar-refractivity contribution in [2.24, 2.45) is 23.7 Å². The Morgan fingerprint density at radius 1 is 0.719 bits per heavy atom. The molecule has 0 aliphatic heterocycles. The zero-order valence-corrected chi connectivity index (χ0v) is 25.2. The van der Waals surface area contributed by atoms with Crippen molar-refractivity contribution >= 4 is 30.3 Å². The van der Waals surface area contributed by atoms with Gasteiger partial charge >= 0.3 is 37.9 Å². The summed E-state index contributed by atoms with van der Waals surface area (Å²) in [4.78, 5) is 0. The van der Waals surface area contributed by atoms with Gasteiger partial charge in [-0.2, -0.15) is 0 Å². The first-order valence-electron chi connectivity index (χ1n) is 11.3. The van der Waals surface area contributed by atoms with Crippen LogP contribution in [0.4, 0.5) is 0 Å². The van der Waals surface area contributed by atoms with Gasteiger partial charge in [-0.15, -0.1) is 0 Å². The van der Waals surface area contributed by atoms with E-state index in [9.17, 15) is 0 Å². The van der Waals surface area contributed by atoms with E-state index in [1.807, 2.05) is 0 Å². The van der Waals surface area contributed by atoms with Crippen molar-refractivity contribution in [3.05, 3.63) is 93.8 Å². The van der Waals surface area contributed by atoms with Gasteiger partial charge in [0.05, 0.1) is 8.07 Å². The number of halogens is 2. The standard InChI is InChI=1S/C17H22Si.C9H12.2CH3.2ClH.Zr/c1-18(2,15-9-4-3-5-10-15)17-13-12-14-8-6-7-11-16(14)17;1-2-5-9-7-3-6-8(9)4-1;;;;;/h3-11,14,16-17H,12-13H2,1-2H3;1-2,4-5,8-9H,3,6-7H2;2*1H3;2*1H;/q;;2*-1;;;+4/p-2. The number of rotatable bonds is 2. The summed E-state index contributed by atoms with van der Waals surface area (Å²) in [6.07, 6.45) is 25.6. The van der Waals surface area contributed by atoms with Crippen molar-refractivity contribution in [2.45, 2.75) is 50.7 Å². The zero-order chi connectivity index (χ0) is 21.4. The van der Waals surface area contributed by atoms with Crippen molar-refractivity contribution in [2.75, 3.05) is 0 Å². The first-order chi connectivity index (χ1) is 14.6. The maximum absolute atomic E-state index is 4.93. The van der Waals surface area contributed by atoms with Crippen molar-refractivity contribution in [1.82, 2.24) is 0 Å². The molecule has 0 aromatic heterocycles. The molecular weight excluding hydrogens is 527 g/mol. The molecule has 2 fully saturated rings. The SMILES string of the molecule is C1=CC2CCCC2C=C1.C[Si](C)(c1ccccc1)C1CCC2C=CC=CC21.[CH3-].[CH3-].[Cl][Zr+2][Cl]. The van der Waals surface area contributed by atoms with Gasteiger partial charge in [0.2, 0.25) is 0 Å². The Morgan fingerprint density at radius 3 is 1.78 bits per heavy atom. The predicted molar refractivity (Wildman–Crippen MR) is 145 cm³/mol. The van der Waals surface area contributed by atoms with Gasteiger partial charge in [0.25, 0.3) is 0 Å². The molecule has 174 valence electrons. The van der Waals surface area contributed by atoms with Crippen molar-refractivity contribution in [1.29, 1.82) is 0 Å². The van der Waals surface area contributed by atoms with Crippen LogP contribution in [-0.2, 0) is 20.8 Å². The molecular formula is C28H40Cl2SiZr. The summed E-state index contributed by atoms with van der Waals surface area (Å²) in [6.45, 7) is 5.11.